The molecule has 1 heterocycles. The Bertz CT molecular complexity index is 871. The van der Waals surface area contributed by atoms with Crippen molar-refractivity contribution in [3.63, 3.8) is 0 Å². The molecular weight excluding hydrogens is 406 g/mol. The quantitative estimate of drug-likeness (QED) is 0.469. The highest BCUT2D eigenvalue weighted by Crippen LogP contribution is 2.18. The number of hydrogen-bond acceptors (Lipinski definition) is 5. The first-order valence-corrected chi connectivity index (χ1v) is 11.2. The molecule has 3 atom stereocenters. The summed E-state index contributed by atoms with van der Waals surface area (Å²) in [5.74, 6) is 0.398. The number of nitrogens with zero attached hydrogens (tertiary/aromatic N) is 1. The lowest BCUT2D eigenvalue weighted by Gasteiger charge is -2.26. The Morgan fingerprint density at radius 2 is 1.84 bits per heavy atom. The highest BCUT2D eigenvalue weighted by molar-refractivity contribution is 5.94. The topological polar surface area (TPSA) is 90.9 Å². The van der Waals surface area contributed by atoms with Gasteiger partial charge in [-0.3, -0.25) is 14.9 Å². The van der Waals surface area contributed by atoms with E-state index in [0.717, 1.165) is 19.3 Å². The van der Waals surface area contributed by atoms with Gasteiger partial charge in [-0.1, -0.05) is 30.3 Å². The minimum absolute atomic E-state index is 0.0264. The normalized spacial score (nSPS) is 16.5. The van der Waals surface area contributed by atoms with E-state index in [1.54, 1.807) is 36.1 Å². The standard InChI is InChI=1S/C25H33N3O4/c1-18(10-11-20-7-4-3-5-8-20)26-25(19(2)29)32-22-14-12-21(13-15-22)27-23(30)17-28-16-6-9-24(28)31/h3-5,7-8,12-15,18-19,25-26,29H,6,9-11,16-17H2,1-2H3,(H,27,30). The summed E-state index contributed by atoms with van der Waals surface area (Å²) >= 11 is 0. The highest BCUT2D eigenvalue weighted by atomic mass is 16.5. The van der Waals surface area contributed by atoms with Crippen molar-refractivity contribution >= 4 is 17.5 Å². The van der Waals surface area contributed by atoms with Gasteiger partial charge in [-0.2, -0.15) is 0 Å². The fraction of sp³-hybridized carbons (Fsp3) is 0.440. The van der Waals surface area contributed by atoms with Gasteiger partial charge in [0.15, 0.2) is 6.23 Å². The van der Waals surface area contributed by atoms with E-state index in [1.807, 2.05) is 18.2 Å². The number of carbonyl (C=O) groups is 2. The van der Waals surface area contributed by atoms with Crippen molar-refractivity contribution in [3.05, 3.63) is 60.2 Å². The Morgan fingerprint density at radius 1 is 1.12 bits per heavy atom. The van der Waals surface area contributed by atoms with Crippen molar-refractivity contribution in [3.8, 4) is 5.75 Å². The van der Waals surface area contributed by atoms with E-state index in [4.69, 9.17) is 4.74 Å². The number of hydrogen-bond donors (Lipinski definition) is 3. The Morgan fingerprint density at radius 3 is 2.47 bits per heavy atom. The van der Waals surface area contributed by atoms with E-state index < -0.39 is 12.3 Å². The maximum Gasteiger partial charge on any atom is 0.243 e. The number of anilines is 1. The fourth-order valence-electron chi connectivity index (χ4n) is 3.67. The Labute approximate surface area is 189 Å². The lowest BCUT2D eigenvalue weighted by Crippen LogP contribution is -2.47. The smallest absolute Gasteiger partial charge is 0.243 e. The SMILES string of the molecule is CC(CCc1ccccc1)NC(Oc1ccc(NC(=O)CN2CCCC2=O)cc1)C(C)O. The fourth-order valence-corrected chi connectivity index (χ4v) is 3.67. The largest absolute Gasteiger partial charge is 0.473 e. The van der Waals surface area contributed by atoms with Gasteiger partial charge in [0.05, 0.1) is 6.54 Å². The molecule has 1 saturated heterocycles. The van der Waals surface area contributed by atoms with Gasteiger partial charge in [0.1, 0.15) is 11.9 Å². The summed E-state index contributed by atoms with van der Waals surface area (Å²) in [5, 5.41) is 16.3. The van der Waals surface area contributed by atoms with Gasteiger partial charge in [0.2, 0.25) is 11.8 Å². The van der Waals surface area contributed by atoms with Crippen LogP contribution in [-0.2, 0) is 16.0 Å². The number of aliphatic hydroxyl groups is 1. The van der Waals surface area contributed by atoms with Crippen LogP contribution in [0.25, 0.3) is 0 Å². The average molecular weight is 440 g/mol. The van der Waals surface area contributed by atoms with Gasteiger partial charge in [-0.05, 0) is 62.9 Å². The van der Waals surface area contributed by atoms with Crippen LogP contribution < -0.4 is 15.4 Å². The summed E-state index contributed by atoms with van der Waals surface area (Å²) < 4.78 is 5.95. The monoisotopic (exact) mass is 439 g/mol. The lowest BCUT2D eigenvalue weighted by molar-refractivity contribution is -0.131. The van der Waals surface area contributed by atoms with Crippen LogP contribution in [0.3, 0.4) is 0 Å². The summed E-state index contributed by atoms with van der Waals surface area (Å²) in [4.78, 5) is 25.4. The van der Waals surface area contributed by atoms with E-state index in [0.29, 0.717) is 24.4 Å². The van der Waals surface area contributed by atoms with E-state index in [2.05, 4.69) is 29.7 Å². The Kier molecular flexibility index (Phi) is 8.64. The molecule has 7 heteroatoms. The predicted octanol–water partition coefficient (Wildman–Crippen LogP) is 2.94. The number of ether oxygens (including phenoxy) is 1. The molecule has 0 saturated carbocycles. The predicted molar refractivity (Wildman–Crippen MR) is 124 cm³/mol. The molecule has 0 spiro atoms. The van der Waals surface area contributed by atoms with Crippen molar-refractivity contribution in [2.24, 2.45) is 0 Å². The van der Waals surface area contributed by atoms with Crippen molar-refractivity contribution in [2.45, 2.75) is 57.9 Å². The molecule has 2 aromatic rings. The molecule has 2 aromatic carbocycles. The second kappa shape index (κ2) is 11.6. The summed E-state index contributed by atoms with van der Waals surface area (Å²) in [6.07, 6.45) is 1.93. The zero-order valence-corrected chi connectivity index (χ0v) is 18.8. The van der Waals surface area contributed by atoms with Gasteiger partial charge in [0.25, 0.3) is 0 Å². The molecule has 0 aromatic heterocycles. The number of benzene rings is 2. The van der Waals surface area contributed by atoms with Gasteiger partial charge >= 0.3 is 0 Å². The van der Waals surface area contributed by atoms with Gasteiger partial charge in [-0.15, -0.1) is 0 Å². The molecule has 1 fully saturated rings. The number of rotatable bonds is 11. The van der Waals surface area contributed by atoms with Gasteiger partial charge in [0, 0.05) is 24.7 Å². The van der Waals surface area contributed by atoms with Crippen molar-refractivity contribution in [1.82, 2.24) is 10.2 Å². The molecule has 2 amide bonds. The molecule has 3 rings (SSSR count). The van der Waals surface area contributed by atoms with Crippen LogP contribution in [0.15, 0.2) is 54.6 Å². The molecule has 1 aliphatic rings. The van der Waals surface area contributed by atoms with Crippen LogP contribution in [0.5, 0.6) is 5.75 Å². The van der Waals surface area contributed by atoms with Crippen molar-refractivity contribution in [1.29, 1.82) is 0 Å². The Balaban J connectivity index is 1.47. The van der Waals surface area contributed by atoms with Crippen LogP contribution in [0.1, 0.15) is 38.7 Å². The van der Waals surface area contributed by atoms with Crippen LogP contribution in [-0.4, -0.2) is 53.3 Å². The van der Waals surface area contributed by atoms with E-state index >= 15 is 0 Å². The highest BCUT2D eigenvalue weighted by Gasteiger charge is 2.22. The first-order chi connectivity index (χ1) is 15.4. The first kappa shape index (κ1) is 23.8. The number of amides is 2. The number of aliphatic hydroxyl groups excluding tert-OH is 1. The minimum atomic E-state index is -0.702. The molecule has 0 bridgehead atoms. The minimum Gasteiger partial charge on any atom is -0.473 e. The molecule has 1 aliphatic heterocycles. The molecule has 3 N–H and O–H groups in total. The van der Waals surface area contributed by atoms with Crippen molar-refractivity contribution in [2.75, 3.05) is 18.4 Å². The van der Waals surface area contributed by atoms with Gasteiger partial charge < -0.3 is 20.1 Å². The maximum atomic E-state index is 12.2. The van der Waals surface area contributed by atoms with E-state index in [1.165, 1.54) is 5.56 Å². The second-order valence-corrected chi connectivity index (χ2v) is 8.36. The average Bonchev–Trinajstić information content (AvgIpc) is 3.18. The summed E-state index contributed by atoms with van der Waals surface area (Å²) in [6, 6.07) is 17.4. The summed E-state index contributed by atoms with van der Waals surface area (Å²) in [7, 11) is 0. The maximum absolute atomic E-state index is 12.2. The third-order valence-corrected chi connectivity index (χ3v) is 5.50. The molecule has 0 aliphatic carbocycles. The Hall–Kier alpha value is -2.90. The van der Waals surface area contributed by atoms with E-state index in [9.17, 15) is 14.7 Å². The molecular formula is C25H33N3O4. The van der Waals surface area contributed by atoms with Crippen LogP contribution >= 0.6 is 0 Å². The third kappa shape index (κ3) is 7.35. The van der Waals surface area contributed by atoms with Crippen LogP contribution in [0, 0.1) is 0 Å². The second-order valence-electron chi connectivity index (χ2n) is 8.36. The molecule has 0 radical (unpaired) electrons. The molecule has 3 unspecified atom stereocenters. The van der Waals surface area contributed by atoms with Crippen molar-refractivity contribution < 1.29 is 19.4 Å². The first-order valence-electron chi connectivity index (χ1n) is 11.2. The van der Waals surface area contributed by atoms with Crippen LogP contribution in [0.2, 0.25) is 0 Å². The number of likely N-dealkylation sites (tertiary alicyclic amines) is 1. The van der Waals surface area contributed by atoms with E-state index in [-0.39, 0.29) is 24.4 Å². The molecule has 172 valence electrons. The summed E-state index contributed by atoms with van der Waals surface area (Å²) in [5.41, 5.74) is 1.91. The number of aryl methyl sites for hydroxylation is 1. The third-order valence-electron chi connectivity index (χ3n) is 5.50. The molecule has 32 heavy (non-hydrogen) atoms. The zero-order valence-electron chi connectivity index (χ0n) is 18.8. The number of nitrogens with one attached hydrogen (secondary N) is 2. The number of carbonyl (C=O) groups excluding carboxylic acids is 2. The lowest BCUT2D eigenvalue weighted by atomic mass is 10.1. The zero-order chi connectivity index (χ0) is 22.9. The van der Waals surface area contributed by atoms with Crippen LogP contribution in [0.4, 0.5) is 5.69 Å². The van der Waals surface area contributed by atoms with Gasteiger partial charge in [-0.25, -0.2) is 0 Å². The summed E-state index contributed by atoms with van der Waals surface area (Å²) in [6.45, 7) is 4.48. The molecule has 7 nitrogen and oxygen atoms in total.